The molecule has 0 saturated carbocycles. The molecule has 110 valence electrons. The maximum absolute atomic E-state index is 12.6. The summed E-state index contributed by atoms with van der Waals surface area (Å²) in [6.45, 7) is 0. The van der Waals surface area contributed by atoms with Gasteiger partial charge in [0.25, 0.3) is 0 Å². The minimum atomic E-state index is -4.41. The highest BCUT2D eigenvalue weighted by atomic mass is 19.4. The van der Waals surface area contributed by atoms with Gasteiger partial charge in [0.2, 0.25) is 0 Å². The standard InChI is InChI=1S/C17H10F3NO/c18-17(19,20)12-7-5-11(6-8-12)16(22)14-9-10-21-15-4-2-1-3-13(14)15/h1-10H. The van der Waals surface area contributed by atoms with E-state index >= 15 is 0 Å². The molecule has 3 rings (SSSR count). The molecule has 0 unspecified atom stereocenters. The zero-order chi connectivity index (χ0) is 15.7. The van der Waals surface area contributed by atoms with Crippen molar-refractivity contribution in [3.63, 3.8) is 0 Å². The second kappa shape index (κ2) is 5.26. The molecule has 0 spiro atoms. The number of benzene rings is 2. The smallest absolute Gasteiger partial charge is 0.289 e. The molecule has 0 atom stereocenters. The number of hydrogen-bond acceptors (Lipinski definition) is 2. The van der Waals surface area contributed by atoms with Crippen molar-refractivity contribution in [2.45, 2.75) is 6.18 Å². The van der Waals surface area contributed by atoms with E-state index in [1.54, 1.807) is 24.3 Å². The van der Waals surface area contributed by atoms with Crippen LogP contribution < -0.4 is 0 Å². The van der Waals surface area contributed by atoms with Crippen LogP contribution in [0, 0.1) is 0 Å². The highest BCUT2D eigenvalue weighted by Gasteiger charge is 2.30. The van der Waals surface area contributed by atoms with Crippen molar-refractivity contribution in [3.05, 3.63) is 77.5 Å². The molecule has 1 aromatic heterocycles. The summed E-state index contributed by atoms with van der Waals surface area (Å²) in [5.74, 6) is -0.327. The molecule has 5 heteroatoms. The first-order chi connectivity index (χ1) is 10.5. The molecule has 22 heavy (non-hydrogen) atoms. The fourth-order valence-corrected chi connectivity index (χ4v) is 2.26. The van der Waals surface area contributed by atoms with Crippen LogP contribution in [-0.4, -0.2) is 10.8 Å². The Labute approximate surface area is 124 Å². The molecule has 0 aliphatic carbocycles. The van der Waals surface area contributed by atoms with Crippen molar-refractivity contribution in [2.75, 3.05) is 0 Å². The van der Waals surface area contributed by atoms with Crippen molar-refractivity contribution in [1.29, 1.82) is 0 Å². The first-order valence-corrected chi connectivity index (χ1v) is 6.52. The van der Waals surface area contributed by atoms with Crippen LogP contribution in [0.4, 0.5) is 13.2 Å². The van der Waals surface area contributed by atoms with E-state index in [4.69, 9.17) is 0 Å². The van der Waals surface area contributed by atoms with Gasteiger partial charge in [-0.1, -0.05) is 30.3 Å². The predicted molar refractivity (Wildman–Crippen MR) is 76.6 cm³/mol. The number of fused-ring (bicyclic) bond motifs is 1. The summed E-state index contributed by atoms with van der Waals surface area (Å²) in [6.07, 6.45) is -2.90. The Kier molecular flexibility index (Phi) is 3.41. The third kappa shape index (κ3) is 2.57. The van der Waals surface area contributed by atoms with E-state index in [0.717, 1.165) is 12.1 Å². The van der Waals surface area contributed by atoms with Gasteiger partial charge in [0.05, 0.1) is 11.1 Å². The highest BCUT2D eigenvalue weighted by molar-refractivity contribution is 6.15. The maximum atomic E-state index is 12.6. The molecule has 0 radical (unpaired) electrons. The van der Waals surface area contributed by atoms with Gasteiger partial charge >= 0.3 is 6.18 Å². The van der Waals surface area contributed by atoms with E-state index < -0.39 is 11.7 Å². The first-order valence-electron chi connectivity index (χ1n) is 6.52. The summed E-state index contributed by atoms with van der Waals surface area (Å²) < 4.78 is 37.7. The van der Waals surface area contributed by atoms with E-state index in [2.05, 4.69) is 4.98 Å². The number of rotatable bonds is 2. The number of hydrogen-bond donors (Lipinski definition) is 0. The molecular formula is C17H10F3NO. The molecule has 0 amide bonds. The maximum Gasteiger partial charge on any atom is 0.416 e. The van der Waals surface area contributed by atoms with E-state index in [0.29, 0.717) is 16.5 Å². The van der Waals surface area contributed by atoms with Gasteiger partial charge in [0.15, 0.2) is 5.78 Å². The van der Waals surface area contributed by atoms with Crippen LogP contribution in [0.15, 0.2) is 60.8 Å². The Bertz CT molecular complexity index is 833. The Morgan fingerprint density at radius 1 is 0.909 bits per heavy atom. The van der Waals surface area contributed by atoms with Gasteiger partial charge in [0.1, 0.15) is 0 Å². The molecule has 2 aromatic carbocycles. The van der Waals surface area contributed by atoms with Crippen molar-refractivity contribution < 1.29 is 18.0 Å². The predicted octanol–water partition coefficient (Wildman–Crippen LogP) is 4.48. The normalized spacial score (nSPS) is 11.6. The minimum Gasteiger partial charge on any atom is -0.289 e. The van der Waals surface area contributed by atoms with Gasteiger partial charge in [-0.3, -0.25) is 9.78 Å². The molecule has 3 aromatic rings. The Morgan fingerprint density at radius 2 is 1.59 bits per heavy atom. The molecule has 1 heterocycles. The van der Waals surface area contributed by atoms with Gasteiger partial charge < -0.3 is 0 Å². The number of pyridine rings is 1. The molecule has 0 saturated heterocycles. The molecular weight excluding hydrogens is 291 g/mol. The zero-order valence-corrected chi connectivity index (χ0v) is 11.3. The number of para-hydroxylation sites is 1. The monoisotopic (exact) mass is 301 g/mol. The molecule has 0 aliphatic rings. The topological polar surface area (TPSA) is 30.0 Å². The Hall–Kier alpha value is -2.69. The lowest BCUT2D eigenvalue weighted by Gasteiger charge is -2.08. The van der Waals surface area contributed by atoms with Crippen LogP contribution in [0.5, 0.6) is 0 Å². The summed E-state index contributed by atoms with van der Waals surface area (Å²) in [7, 11) is 0. The zero-order valence-electron chi connectivity index (χ0n) is 11.3. The third-order valence-corrected chi connectivity index (χ3v) is 3.37. The quantitative estimate of drug-likeness (QED) is 0.653. The summed E-state index contributed by atoms with van der Waals surface area (Å²) in [4.78, 5) is 16.7. The van der Waals surface area contributed by atoms with Crippen molar-refractivity contribution in [3.8, 4) is 0 Å². The van der Waals surface area contributed by atoms with Crippen LogP contribution in [0.2, 0.25) is 0 Å². The number of carbonyl (C=O) groups is 1. The highest BCUT2D eigenvalue weighted by Crippen LogP contribution is 2.29. The second-order valence-corrected chi connectivity index (χ2v) is 4.78. The first kappa shape index (κ1) is 14.3. The number of halogens is 3. The SMILES string of the molecule is O=C(c1ccc(C(F)(F)F)cc1)c1ccnc2ccccc12. The number of nitrogens with zero attached hydrogens (tertiary/aromatic N) is 1. The van der Waals surface area contributed by atoms with Crippen LogP contribution in [0.3, 0.4) is 0 Å². The van der Waals surface area contributed by atoms with E-state index in [1.165, 1.54) is 18.3 Å². The van der Waals surface area contributed by atoms with E-state index in [-0.39, 0.29) is 11.3 Å². The van der Waals surface area contributed by atoms with E-state index in [1.807, 2.05) is 6.07 Å². The number of carbonyl (C=O) groups excluding carboxylic acids is 1. The van der Waals surface area contributed by atoms with Gasteiger partial charge in [0, 0.05) is 22.7 Å². The Balaban J connectivity index is 2.03. The van der Waals surface area contributed by atoms with Crippen LogP contribution in [0.25, 0.3) is 10.9 Å². The summed E-state index contributed by atoms with van der Waals surface area (Å²) in [6, 6.07) is 12.9. The molecule has 0 fully saturated rings. The molecule has 0 bridgehead atoms. The lowest BCUT2D eigenvalue weighted by Crippen LogP contribution is -2.07. The average molecular weight is 301 g/mol. The van der Waals surface area contributed by atoms with Crippen LogP contribution in [-0.2, 0) is 6.18 Å². The minimum absolute atomic E-state index is 0.212. The number of ketones is 1. The summed E-state index contributed by atoms with van der Waals surface area (Å²) in [5, 5.41) is 0.676. The molecule has 0 aliphatic heterocycles. The fraction of sp³-hybridized carbons (Fsp3) is 0.0588. The Morgan fingerprint density at radius 3 is 2.27 bits per heavy atom. The van der Waals surface area contributed by atoms with Crippen molar-refractivity contribution in [1.82, 2.24) is 4.98 Å². The van der Waals surface area contributed by atoms with E-state index in [9.17, 15) is 18.0 Å². The number of alkyl halides is 3. The largest absolute Gasteiger partial charge is 0.416 e. The molecule has 0 N–H and O–H groups in total. The van der Waals surface area contributed by atoms with Crippen LogP contribution >= 0.6 is 0 Å². The lowest BCUT2D eigenvalue weighted by atomic mass is 9.99. The number of aromatic nitrogens is 1. The van der Waals surface area contributed by atoms with Crippen molar-refractivity contribution in [2.24, 2.45) is 0 Å². The summed E-state index contributed by atoms with van der Waals surface area (Å²) >= 11 is 0. The molecule has 2 nitrogen and oxygen atoms in total. The fourth-order valence-electron chi connectivity index (χ4n) is 2.26. The van der Waals surface area contributed by atoms with Crippen molar-refractivity contribution >= 4 is 16.7 Å². The van der Waals surface area contributed by atoms with Crippen LogP contribution in [0.1, 0.15) is 21.5 Å². The van der Waals surface area contributed by atoms with Gasteiger partial charge in [-0.25, -0.2) is 0 Å². The third-order valence-electron chi connectivity index (χ3n) is 3.37. The average Bonchev–Trinajstić information content (AvgIpc) is 2.53. The van der Waals surface area contributed by atoms with Gasteiger partial charge in [-0.15, -0.1) is 0 Å². The van der Waals surface area contributed by atoms with Gasteiger partial charge in [-0.2, -0.15) is 13.2 Å². The second-order valence-electron chi connectivity index (χ2n) is 4.78. The summed E-state index contributed by atoms with van der Waals surface area (Å²) in [5.41, 5.74) is 0.526. The van der Waals surface area contributed by atoms with Gasteiger partial charge in [-0.05, 0) is 24.3 Å². The lowest BCUT2D eigenvalue weighted by molar-refractivity contribution is -0.137.